The van der Waals surface area contributed by atoms with E-state index in [2.05, 4.69) is 27.8 Å². The Bertz CT molecular complexity index is 483. The molecule has 5 heteroatoms. The fourth-order valence-electron chi connectivity index (χ4n) is 2.06. The Kier molecular flexibility index (Phi) is 6.94. The molecular formula is C16H21BrF3N. The minimum Gasteiger partial charge on any atom is -0.310 e. The first-order chi connectivity index (χ1) is 9.75. The maximum Gasteiger partial charge on any atom is 0.416 e. The molecule has 0 saturated carbocycles. The summed E-state index contributed by atoms with van der Waals surface area (Å²) in [6.45, 7) is 8.59. The number of nitrogens with one attached hydrogen (secondary N) is 1. The van der Waals surface area contributed by atoms with E-state index in [1.54, 1.807) is 0 Å². The number of hydrogen-bond donors (Lipinski definition) is 1. The SMILES string of the molecule is C=C(C)CCC(NCCC)c1cc(C(F)(F)F)ccc1Br. The zero-order valence-electron chi connectivity index (χ0n) is 12.4. The van der Waals surface area contributed by atoms with Gasteiger partial charge in [0.2, 0.25) is 0 Å². The van der Waals surface area contributed by atoms with Crippen molar-refractivity contribution in [3.63, 3.8) is 0 Å². The van der Waals surface area contributed by atoms with Crippen molar-refractivity contribution < 1.29 is 13.2 Å². The lowest BCUT2D eigenvalue weighted by molar-refractivity contribution is -0.137. The summed E-state index contributed by atoms with van der Waals surface area (Å²) in [7, 11) is 0. The van der Waals surface area contributed by atoms with E-state index < -0.39 is 11.7 Å². The van der Waals surface area contributed by atoms with Crippen LogP contribution in [0.25, 0.3) is 0 Å². The van der Waals surface area contributed by atoms with Crippen LogP contribution in [0, 0.1) is 0 Å². The highest BCUT2D eigenvalue weighted by atomic mass is 79.9. The third-order valence-corrected chi connectivity index (χ3v) is 3.92. The zero-order valence-corrected chi connectivity index (χ0v) is 13.9. The average molecular weight is 364 g/mol. The first-order valence-corrected chi connectivity index (χ1v) is 7.79. The summed E-state index contributed by atoms with van der Waals surface area (Å²) in [5.41, 5.74) is 1.07. The number of allylic oxidation sites excluding steroid dienone is 1. The number of benzene rings is 1. The van der Waals surface area contributed by atoms with Crippen LogP contribution in [0.4, 0.5) is 13.2 Å². The highest BCUT2D eigenvalue weighted by Gasteiger charge is 2.31. The lowest BCUT2D eigenvalue weighted by Gasteiger charge is -2.22. The van der Waals surface area contributed by atoms with Gasteiger partial charge >= 0.3 is 6.18 Å². The molecule has 1 rings (SSSR count). The summed E-state index contributed by atoms with van der Waals surface area (Å²) in [6, 6.07) is 3.69. The van der Waals surface area contributed by atoms with Crippen LogP contribution in [0.5, 0.6) is 0 Å². The van der Waals surface area contributed by atoms with Crippen molar-refractivity contribution in [1.82, 2.24) is 5.32 Å². The minimum absolute atomic E-state index is 0.113. The minimum atomic E-state index is -4.32. The van der Waals surface area contributed by atoms with Crippen LogP contribution in [-0.2, 0) is 6.18 Å². The van der Waals surface area contributed by atoms with E-state index >= 15 is 0 Å². The van der Waals surface area contributed by atoms with Crippen molar-refractivity contribution >= 4 is 15.9 Å². The van der Waals surface area contributed by atoms with Crippen LogP contribution in [0.1, 0.15) is 50.3 Å². The molecule has 0 spiro atoms. The van der Waals surface area contributed by atoms with Gasteiger partial charge in [0.1, 0.15) is 0 Å². The fraction of sp³-hybridized carbons (Fsp3) is 0.500. The molecule has 0 fully saturated rings. The van der Waals surface area contributed by atoms with Crippen molar-refractivity contribution in [2.75, 3.05) is 6.54 Å². The lowest BCUT2D eigenvalue weighted by Crippen LogP contribution is -2.23. The summed E-state index contributed by atoms with van der Waals surface area (Å²) in [5.74, 6) is 0. The molecule has 0 aromatic heterocycles. The van der Waals surface area contributed by atoms with Gasteiger partial charge in [-0.05, 0) is 56.5 Å². The average Bonchev–Trinajstić information content (AvgIpc) is 2.38. The van der Waals surface area contributed by atoms with Crippen LogP contribution in [0.3, 0.4) is 0 Å². The molecule has 0 saturated heterocycles. The summed E-state index contributed by atoms with van der Waals surface area (Å²) < 4.78 is 39.3. The third-order valence-electron chi connectivity index (χ3n) is 3.20. The summed E-state index contributed by atoms with van der Waals surface area (Å²) >= 11 is 3.37. The van der Waals surface area contributed by atoms with E-state index in [0.29, 0.717) is 10.0 Å². The van der Waals surface area contributed by atoms with E-state index in [4.69, 9.17) is 0 Å². The van der Waals surface area contributed by atoms with Gasteiger partial charge in [0, 0.05) is 10.5 Å². The molecule has 1 aromatic carbocycles. The number of alkyl halides is 3. The van der Waals surface area contributed by atoms with Gasteiger partial charge in [0.05, 0.1) is 5.56 Å². The van der Waals surface area contributed by atoms with Crippen molar-refractivity contribution in [1.29, 1.82) is 0 Å². The van der Waals surface area contributed by atoms with Crippen LogP contribution >= 0.6 is 15.9 Å². The number of halogens is 4. The number of rotatable bonds is 7. The van der Waals surface area contributed by atoms with E-state index in [9.17, 15) is 13.2 Å². The topological polar surface area (TPSA) is 12.0 Å². The second kappa shape index (κ2) is 7.99. The van der Waals surface area contributed by atoms with Gasteiger partial charge in [-0.1, -0.05) is 28.4 Å². The van der Waals surface area contributed by atoms with Crippen molar-refractivity contribution in [3.8, 4) is 0 Å². The van der Waals surface area contributed by atoms with Gasteiger partial charge in [-0.2, -0.15) is 13.2 Å². The highest BCUT2D eigenvalue weighted by Crippen LogP contribution is 2.35. The Morgan fingerprint density at radius 1 is 1.38 bits per heavy atom. The van der Waals surface area contributed by atoms with Crippen molar-refractivity contribution in [2.45, 2.75) is 45.3 Å². The molecule has 1 N–H and O–H groups in total. The predicted molar refractivity (Wildman–Crippen MR) is 84.2 cm³/mol. The van der Waals surface area contributed by atoms with E-state index in [-0.39, 0.29) is 6.04 Å². The van der Waals surface area contributed by atoms with Gasteiger partial charge in [-0.15, -0.1) is 6.58 Å². The van der Waals surface area contributed by atoms with Gasteiger partial charge in [-0.3, -0.25) is 0 Å². The van der Waals surface area contributed by atoms with E-state index in [1.807, 2.05) is 13.8 Å². The normalized spacial score (nSPS) is 13.2. The molecule has 0 amide bonds. The summed E-state index contributed by atoms with van der Waals surface area (Å²) in [6.07, 6.45) is -1.88. The molecule has 0 bridgehead atoms. The molecular weight excluding hydrogens is 343 g/mol. The van der Waals surface area contributed by atoms with Crippen LogP contribution in [0.2, 0.25) is 0 Å². The van der Waals surface area contributed by atoms with E-state index in [0.717, 1.165) is 37.4 Å². The number of hydrogen-bond acceptors (Lipinski definition) is 1. The van der Waals surface area contributed by atoms with Gasteiger partial charge < -0.3 is 5.32 Å². The summed E-state index contributed by atoms with van der Waals surface area (Å²) in [4.78, 5) is 0. The van der Waals surface area contributed by atoms with Gasteiger partial charge in [0.25, 0.3) is 0 Å². The molecule has 1 atom stereocenters. The Labute approximate surface area is 132 Å². The molecule has 0 aliphatic carbocycles. The second-order valence-electron chi connectivity index (χ2n) is 5.24. The maximum atomic E-state index is 12.9. The van der Waals surface area contributed by atoms with E-state index in [1.165, 1.54) is 12.1 Å². The fourth-order valence-corrected chi connectivity index (χ4v) is 2.59. The second-order valence-corrected chi connectivity index (χ2v) is 6.09. The van der Waals surface area contributed by atoms with Crippen LogP contribution in [0.15, 0.2) is 34.8 Å². The zero-order chi connectivity index (χ0) is 16.0. The van der Waals surface area contributed by atoms with Gasteiger partial charge in [-0.25, -0.2) is 0 Å². The molecule has 0 radical (unpaired) electrons. The Hall–Kier alpha value is -0.810. The molecule has 0 aliphatic rings. The largest absolute Gasteiger partial charge is 0.416 e. The smallest absolute Gasteiger partial charge is 0.310 e. The van der Waals surface area contributed by atoms with Crippen LogP contribution in [-0.4, -0.2) is 6.54 Å². The quantitative estimate of drug-likeness (QED) is 0.597. The molecule has 0 aliphatic heterocycles. The Morgan fingerprint density at radius 3 is 2.57 bits per heavy atom. The highest BCUT2D eigenvalue weighted by molar-refractivity contribution is 9.10. The third kappa shape index (κ3) is 5.83. The summed E-state index contributed by atoms with van der Waals surface area (Å²) in [5, 5.41) is 3.32. The molecule has 0 heterocycles. The molecule has 118 valence electrons. The van der Waals surface area contributed by atoms with Gasteiger partial charge in [0.15, 0.2) is 0 Å². The van der Waals surface area contributed by atoms with Crippen molar-refractivity contribution in [3.05, 3.63) is 46.0 Å². The monoisotopic (exact) mass is 363 g/mol. The molecule has 1 aromatic rings. The van der Waals surface area contributed by atoms with Crippen molar-refractivity contribution in [2.24, 2.45) is 0 Å². The first kappa shape index (κ1) is 18.2. The molecule has 21 heavy (non-hydrogen) atoms. The maximum absolute atomic E-state index is 12.9. The first-order valence-electron chi connectivity index (χ1n) is 7.00. The molecule has 1 nitrogen and oxygen atoms in total. The Balaban J connectivity index is 3.06. The Morgan fingerprint density at radius 2 is 2.05 bits per heavy atom. The lowest BCUT2D eigenvalue weighted by atomic mass is 9.98. The predicted octanol–water partition coefficient (Wildman–Crippen LogP) is 5.86. The standard InChI is InChI=1S/C16H21BrF3N/c1-4-9-21-15(8-5-11(2)3)13-10-12(16(18,19)20)6-7-14(13)17/h6-7,10,15,21H,2,4-5,8-9H2,1,3H3. The molecule has 1 unspecified atom stereocenters. The van der Waals surface area contributed by atoms with Crippen LogP contribution < -0.4 is 5.32 Å².